The van der Waals surface area contributed by atoms with Crippen LogP contribution in [0, 0.1) is 5.92 Å². The minimum absolute atomic E-state index is 0.0395. The number of aliphatic hydroxyl groups excluding tert-OH is 1. The van der Waals surface area contributed by atoms with Gasteiger partial charge in [-0.05, 0) is 24.5 Å². The Morgan fingerprint density at radius 3 is 2.77 bits per heavy atom. The third kappa shape index (κ3) is 3.71. The number of benzene rings is 1. The van der Waals surface area contributed by atoms with Gasteiger partial charge in [-0.25, -0.2) is 4.98 Å². The van der Waals surface area contributed by atoms with Gasteiger partial charge >= 0.3 is 0 Å². The molecule has 0 aliphatic rings. The minimum atomic E-state index is -0.179. The molecular formula is C16H22N4O2. The lowest BCUT2D eigenvalue weighted by Gasteiger charge is -2.28. The molecule has 22 heavy (non-hydrogen) atoms. The lowest BCUT2D eigenvalue weighted by molar-refractivity contribution is 0.0630. The molecular weight excluding hydrogens is 280 g/mol. The van der Waals surface area contributed by atoms with E-state index in [0.717, 1.165) is 12.0 Å². The van der Waals surface area contributed by atoms with Crippen LogP contribution >= 0.6 is 0 Å². The van der Waals surface area contributed by atoms with E-state index in [-0.39, 0.29) is 18.6 Å². The van der Waals surface area contributed by atoms with Gasteiger partial charge in [-0.15, -0.1) is 0 Å². The number of hydrogen-bond acceptors (Lipinski definition) is 4. The van der Waals surface area contributed by atoms with E-state index in [4.69, 9.17) is 0 Å². The highest BCUT2D eigenvalue weighted by atomic mass is 16.3. The normalized spacial score (nSPS) is 12.4. The minimum Gasteiger partial charge on any atom is -0.394 e. The number of aromatic amines is 1. The van der Waals surface area contributed by atoms with Crippen LogP contribution in [0.1, 0.15) is 30.6 Å². The molecule has 0 saturated heterocycles. The number of aliphatic hydroxyl groups is 1. The number of amides is 1. The van der Waals surface area contributed by atoms with Gasteiger partial charge in [0.05, 0.1) is 12.6 Å². The second kappa shape index (κ2) is 7.17. The average Bonchev–Trinajstić information content (AvgIpc) is 3.05. The van der Waals surface area contributed by atoms with Crippen molar-refractivity contribution in [1.82, 2.24) is 20.1 Å². The highest BCUT2D eigenvalue weighted by Crippen LogP contribution is 2.18. The zero-order valence-electron chi connectivity index (χ0n) is 13.2. The van der Waals surface area contributed by atoms with E-state index >= 15 is 0 Å². The Hall–Kier alpha value is -2.21. The van der Waals surface area contributed by atoms with Crippen LogP contribution in [0.4, 0.5) is 0 Å². The Kier molecular flexibility index (Phi) is 5.27. The molecule has 0 aliphatic carbocycles. The van der Waals surface area contributed by atoms with Crippen molar-refractivity contribution < 1.29 is 9.90 Å². The molecule has 2 N–H and O–H groups in total. The van der Waals surface area contributed by atoms with Crippen molar-refractivity contribution in [2.75, 3.05) is 13.7 Å². The van der Waals surface area contributed by atoms with Crippen LogP contribution in [-0.2, 0) is 0 Å². The van der Waals surface area contributed by atoms with Crippen molar-refractivity contribution >= 4 is 5.91 Å². The highest BCUT2D eigenvalue weighted by molar-refractivity contribution is 5.95. The molecule has 2 aromatic rings. The maximum atomic E-state index is 12.6. The zero-order chi connectivity index (χ0) is 16.1. The van der Waals surface area contributed by atoms with Crippen molar-refractivity contribution in [2.24, 2.45) is 5.92 Å². The second-order valence-electron chi connectivity index (χ2n) is 5.80. The number of carbonyl (C=O) groups is 1. The fraction of sp³-hybridized carbons (Fsp3) is 0.438. The van der Waals surface area contributed by atoms with Crippen molar-refractivity contribution in [1.29, 1.82) is 0 Å². The van der Waals surface area contributed by atoms with Gasteiger partial charge in [-0.2, -0.15) is 5.10 Å². The number of hydrogen-bond donors (Lipinski definition) is 2. The van der Waals surface area contributed by atoms with Gasteiger partial charge < -0.3 is 10.0 Å². The van der Waals surface area contributed by atoms with E-state index in [9.17, 15) is 9.90 Å². The first-order valence-electron chi connectivity index (χ1n) is 7.36. The van der Waals surface area contributed by atoms with Crippen LogP contribution in [0.5, 0.6) is 0 Å². The van der Waals surface area contributed by atoms with Crippen LogP contribution in [0.25, 0.3) is 11.4 Å². The smallest absolute Gasteiger partial charge is 0.253 e. The molecule has 1 aromatic heterocycles. The van der Waals surface area contributed by atoms with Crippen LogP contribution in [-0.4, -0.2) is 50.8 Å². The van der Waals surface area contributed by atoms with E-state index in [1.165, 1.54) is 6.33 Å². The topological polar surface area (TPSA) is 82.1 Å². The molecule has 0 aliphatic heterocycles. The van der Waals surface area contributed by atoms with Crippen LogP contribution in [0.15, 0.2) is 30.6 Å². The van der Waals surface area contributed by atoms with E-state index in [0.29, 0.717) is 17.3 Å². The standard InChI is InChI=1S/C16H22N4O2/c1-11(2)7-14(9-21)20(3)16(22)13-6-4-5-12(8-13)15-17-10-18-19-15/h4-6,8,10-11,14,21H,7,9H2,1-3H3,(H,17,18,19). The first kappa shape index (κ1) is 16.2. The highest BCUT2D eigenvalue weighted by Gasteiger charge is 2.21. The van der Waals surface area contributed by atoms with E-state index in [1.54, 1.807) is 24.1 Å². The van der Waals surface area contributed by atoms with Crippen LogP contribution in [0.3, 0.4) is 0 Å². The number of likely N-dealkylation sites (N-methyl/N-ethyl adjacent to an activating group) is 1. The van der Waals surface area contributed by atoms with Crippen molar-refractivity contribution in [3.63, 3.8) is 0 Å². The number of rotatable bonds is 6. The molecule has 1 unspecified atom stereocenters. The Bertz CT molecular complexity index is 610. The summed E-state index contributed by atoms with van der Waals surface area (Å²) in [6.45, 7) is 4.11. The number of aromatic nitrogens is 3. The van der Waals surface area contributed by atoms with Gasteiger partial charge in [0.15, 0.2) is 5.82 Å². The van der Waals surface area contributed by atoms with Crippen molar-refractivity contribution in [3.8, 4) is 11.4 Å². The molecule has 6 nitrogen and oxygen atoms in total. The van der Waals surface area contributed by atoms with Gasteiger partial charge in [0.25, 0.3) is 5.91 Å². The summed E-state index contributed by atoms with van der Waals surface area (Å²) in [6, 6.07) is 7.05. The Morgan fingerprint density at radius 2 is 2.18 bits per heavy atom. The molecule has 1 amide bonds. The maximum absolute atomic E-state index is 12.6. The summed E-state index contributed by atoms with van der Waals surface area (Å²) in [4.78, 5) is 18.3. The molecule has 0 spiro atoms. The summed E-state index contributed by atoms with van der Waals surface area (Å²) in [5.74, 6) is 0.923. The van der Waals surface area contributed by atoms with Gasteiger partial charge in [0.1, 0.15) is 6.33 Å². The summed E-state index contributed by atoms with van der Waals surface area (Å²) in [5.41, 5.74) is 1.37. The summed E-state index contributed by atoms with van der Waals surface area (Å²) in [6.07, 6.45) is 2.20. The van der Waals surface area contributed by atoms with Gasteiger partial charge in [-0.3, -0.25) is 9.89 Å². The fourth-order valence-electron chi connectivity index (χ4n) is 2.41. The molecule has 118 valence electrons. The number of nitrogens with one attached hydrogen (secondary N) is 1. The van der Waals surface area contributed by atoms with E-state index < -0.39 is 0 Å². The average molecular weight is 302 g/mol. The summed E-state index contributed by atoms with van der Waals surface area (Å²) < 4.78 is 0. The van der Waals surface area contributed by atoms with Crippen LogP contribution < -0.4 is 0 Å². The third-order valence-electron chi connectivity index (χ3n) is 3.62. The molecule has 0 bridgehead atoms. The maximum Gasteiger partial charge on any atom is 0.253 e. The second-order valence-corrected chi connectivity index (χ2v) is 5.80. The zero-order valence-corrected chi connectivity index (χ0v) is 13.2. The first-order chi connectivity index (χ1) is 10.5. The summed E-state index contributed by atoms with van der Waals surface area (Å²) >= 11 is 0. The molecule has 6 heteroatoms. The van der Waals surface area contributed by atoms with Gasteiger partial charge in [0, 0.05) is 18.2 Å². The molecule has 1 aromatic carbocycles. The van der Waals surface area contributed by atoms with Crippen molar-refractivity contribution in [2.45, 2.75) is 26.3 Å². The Morgan fingerprint density at radius 1 is 1.41 bits per heavy atom. The predicted octanol–water partition coefficient (Wildman–Crippen LogP) is 1.95. The van der Waals surface area contributed by atoms with Crippen LogP contribution in [0.2, 0.25) is 0 Å². The Balaban J connectivity index is 2.20. The summed E-state index contributed by atoms with van der Waals surface area (Å²) in [5, 5.41) is 16.1. The lowest BCUT2D eigenvalue weighted by atomic mass is 10.0. The lowest BCUT2D eigenvalue weighted by Crippen LogP contribution is -2.40. The number of H-pyrrole nitrogens is 1. The van der Waals surface area contributed by atoms with E-state index in [1.807, 2.05) is 12.1 Å². The van der Waals surface area contributed by atoms with E-state index in [2.05, 4.69) is 29.0 Å². The first-order valence-corrected chi connectivity index (χ1v) is 7.36. The molecule has 1 atom stereocenters. The molecule has 0 radical (unpaired) electrons. The third-order valence-corrected chi connectivity index (χ3v) is 3.62. The molecule has 1 heterocycles. The van der Waals surface area contributed by atoms with Crippen molar-refractivity contribution in [3.05, 3.63) is 36.2 Å². The summed E-state index contributed by atoms with van der Waals surface area (Å²) in [7, 11) is 1.73. The SMILES string of the molecule is CC(C)CC(CO)N(C)C(=O)c1cccc(-c2ncn[nH]2)c1. The largest absolute Gasteiger partial charge is 0.394 e. The van der Waals surface area contributed by atoms with Gasteiger partial charge in [-0.1, -0.05) is 26.0 Å². The fourth-order valence-corrected chi connectivity index (χ4v) is 2.41. The molecule has 2 rings (SSSR count). The number of carbonyl (C=O) groups excluding carboxylic acids is 1. The number of nitrogens with zero attached hydrogens (tertiary/aromatic N) is 3. The Labute approximate surface area is 130 Å². The quantitative estimate of drug-likeness (QED) is 0.854. The van der Waals surface area contributed by atoms with Gasteiger partial charge in [0.2, 0.25) is 0 Å². The molecule has 0 fully saturated rings. The predicted molar refractivity (Wildman–Crippen MR) is 84.2 cm³/mol. The monoisotopic (exact) mass is 302 g/mol. The molecule has 0 saturated carbocycles.